The van der Waals surface area contributed by atoms with E-state index in [9.17, 15) is 4.79 Å². The summed E-state index contributed by atoms with van der Waals surface area (Å²) in [7, 11) is 0. The fourth-order valence-corrected chi connectivity index (χ4v) is 1.09. The van der Waals surface area contributed by atoms with Crippen LogP contribution in [-0.2, 0) is 0 Å². The van der Waals surface area contributed by atoms with Gasteiger partial charge in [0, 0.05) is 12.2 Å². The largest absolute Gasteiger partial charge is 0.349 e. The molecule has 0 aliphatic heterocycles. The van der Waals surface area contributed by atoms with Crippen molar-refractivity contribution in [1.29, 1.82) is 5.26 Å². The predicted molar refractivity (Wildman–Crippen MR) is 49.4 cm³/mol. The van der Waals surface area contributed by atoms with Crippen molar-refractivity contribution in [2.24, 2.45) is 0 Å². The maximum absolute atomic E-state index is 11.5. The number of carbonyl (C=O) groups is 1. The molecule has 0 atom stereocenters. The van der Waals surface area contributed by atoms with Gasteiger partial charge in [0.05, 0.1) is 5.56 Å². The minimum atomic E-state index is -0.107. The average molecular weight is 187 g/mol. The molecule has 2 rings (SSSR count). The first-order chi connectivity index (χ1) is 6.79. The van der Waals surface area contributed by atoms with E-state index in [4.69, 9.17) is 5.26 Å². The molecular weight excluding hydrogens is 178 g/mol. The zero-order valence-electron chi connectivity index (χ0n) is 7.53. The molecule has 1 saturated carbocycles. The highest BCUT2D eigenvalue weighted by Crippen LogP contribution is 2.19. The van der Waals surface area contributed by atoms with Gasteiger partial charge in [-0.05, 0) is 25.0 Å². The van der Waals surface area contributed by atoms with Crippen molar-refractivity contribution < 1.29 is 4.79 Å². The van der Waals surface area contributed by atoms with Crippen molar-refractivity contribution >= 4 is 5.91 Å². The van der Waals surface area contributed by atoms with Gasteiger partial charge in [-0.1, -0.05) is 0 Å². The van der Waals surface area contributed by atoms with E-state index < -0.39 is 0 Å². The highest BCUT2D eigenvalue weighted by atomic mass is 16.1. The molecule has 0 radical (unpaired) electrons. The summed E-state index contributed by atoms with van der Waals surface area (Å²) < 4.78 is 0. The molecule has 4 heteroatoms. The van der Waals surface area contributed by atoms with E-state index >= 15 is 0 Å². The third-order valence-electron chi connectivity index (χ3n) is 2.05. The minimum absolute atomic E-state index is 0.107. The number of carbonyl (C=O) groups excluding carboxylic acids is 1. The highest BCUT2D eigenvalue weighted by Gasteiger charge is 2.23. The summed E-state index contributed by atoms with van der Waals surface area (Å²) in [5.41, 5.74) is 0.837. The quantitative estimate of drug-likeness (QED) is 0.746. The van der Waals surface area contributed by atoms with Crippen molar-refractivity contribution in [3.8, 4) is 6.07 Å². The van der Waals surface area contributed by atoms with Gasteiger partial charge in [0.2, 0.25) is 0 Å². The van der Waals surface area contributed by atoms with Crippen molar-refractivity contribution in [1.82, 2.24) is 10.3 Å². The van der Waals surface area contributed by atoms with E-state index in [1.54, 1.807) is 12.1 Å². The molecule has 0 bridgehead atoms. The van der Waals surface area contributed by atoms with Crippen molar-refractivity contribution in [2.45, 2.75) is 18.9 Å². The number of rotatable bonds is 2. The monoisotopic (exact) mass is 187 g/mol. The van der Waals surface area contributed by atoms with Crippen molar-refractivity contribution in [3.05, 3.63) is 29.6 Å². The Kier molecular flexibility index (Phi) is 2.15. The van der Waals surface area contributed by atoms with Crippen LogP contribution in [0.1, 0.15) is 28.9 Å². The van der Waals surface area contributed by atoms with Crippen LogP contribution in [0.2, 0.25) is 0 Å². The zero-order valence-corrected chi connectivity index (χ0v) is 7.53. The highest BCUT2D eigenvalue weighted by molar-refractivity contribution is 5.94. The molecule has 14 heavy (non-hydrogen) atoms. The van der Waals surface area contributed by atoms with E-state index in [0.29, 0.717) is 17.3 Å². The van der Waals surface area contributed by atoms with Gasteiger partial charge in [-0.25, -0.2) is 4.98 Å². The molecule has 4 nitrogen and oxygen atoms in total. The molecule has 1 aromatic rings. The smallest absolute Gasteiger partial charge is 0.253 e. The summed E-state index contributed by atoms with van der Waals surface area (Å²) in [5.74, 6) is -0.107. The lowest BCUT2D eigenvalue weighted by Crippen LogP contribution is -2.25. The number of nitrogens with zero attached hydrogens (tertiary/aromatic N) is 2. The number of amides is 1. The van der Waals surface area contributed by atoms with Gasteiger partial charge in [0.1, 0.15) is 11.8 Å². The molecular formula is C10H9N3O. The second-order valence-electron chi connectivity index (χ2n) is 3.29. The van der Waals surface area contributed by atoms with E-state index in [1.807, 2.05) is 6.07 Å². The van der Waals surface area contributed by atoms with Gasteiger partial charge in [0.15, 0.2) is 0 Å². The molecule has 0 aromatic carbocycles. The van der Waals surface area contributed by atoms with Gasteiger partial charge in [0.25, 0.3) is 5.91 Å². The van der Waals surface area contributed by atoms with Gasteiger partial charge in [-0.3, -0.25) is 4.79 Å². The summed E-state index contributed by atoms with van der Waals surface area (Å²) in [4.78, 5) is 15.3. The molecule has 1 fully saturated rings. The lowest BCUT2D eigenvalue weighted by atomic mass is 10.2. The van der Waals surface area contributed by atoms with Crippen molar-refractivity contribution in [2.75, 3.05) is 0 Å². The average Bonchev–Trinajstić information content (AvgIpc) is 3.02. The lowest BCUT2D eigenvalue weighted by Gasteiger charge is -2.01. The Morgan fingerprint density at radius 3 is 2.86 bits per heavy atom. The predicted octanol–water partition coefficient (Wildman–Crippen LogP) is 0.845. The van der Waals surface area contributed by atoms with Crippen LogP contribution in [0.3, 0.4) is 0 Å². The lowest BCUT2D eigenvalue weighted by molar-refractivity contribution is 0.0950. The van der Waals surface area contributed by atoms with E-state index in [1.165, 1.54) is 6.20 Å². The van der Waals surface area contributed by atoms with Gasteiger partial charge < -0.3 is 5.32 Å². The second kappa shape index (κ2) is 3.46. The minimum Gasteiger partial charge on any atom is -0.349 e. The number of pyridine rings is 1. The Bertz CT molecular complexity index is 387. The van der Waals surface area contributed by atoms with Crippen LogP contribution in [0, 0.1) is 11.3 Å². The van der Waals surface area contributed by atoms with Crippen LogP contribution in [0.5, 0.6) is 0 Å². The fraction of sp³-hybridized carbons (Fsp3) is 0.300. The molecule has 1 aliphatic rings. The molecule has 0 saturated heterocycles. The maximum Gasteiger partial charge on any atom is 0.253 e. The van der Waals surface area contributed by atoms with E-state index in [-0.39, 0.29) is 5.91 Å². The molecule has 1 aromatic heterocycles. The van der Waals surface area contributed by atoms with Gasteiger partial charge >= 0.3 is 0 Å². The summed E-state index contributed by atoms with van der Waals surface area (Å²) in [6.45, 7) is 0. The molecule has 1 N–H and O–H groups in total. The van der Waals surface area contributed by atoms with Crippen LogP contribution >= 0.6 is 0 Å². The Labute approximate surface area is 81.6 Å². The summed E-state index contributed by atoms with van der Waals surface area (Å²) >= 11 is 0. The van der Waals surface area contributed by atoms with Crippen LogP contribution in [0.25, 0.3) is 0 Å². The molecule has 0 unspecified atom stereocenters. The first-order valence-electron chi connectivity index (χ1n) is 4.46. The Balaban J connectivity index is 2.08. The van der Waals surface area contributed by atoms with E-state index in [2.05, 4.69) is 10.3 Å². The summed E-state index contributed by atoms with van der Waals surface area (Å²) in [6.07, 6.45) is 3.56. The number of hydrogen-bond acceptors (Lipinski definition) is 3. The van der Waals surface area contributed by atoms with Gasteiger partial charge in [-0.15, -0.1) is 0 Å². The Hall–Kier alpha value is -1.89. The molecule has 0 spiro atoms. The number of hydrogen-bond donors (Lipinski definition) is 1. The van der Waals surface area contributed by atoms with Crippen LogP contribution in [0.15, 0.2) is 18.3 Å². The summed E-state index contributed by atoms with van der Waals surface area (Å²) in [5, 5.41) is 11.4. The molecule has 1 heterocycles. The second-order valence-corrected chi connectivity index (χ2v) is 3.29. The van der Waals surface area contributed by atoms with Gasteiger partial charge in [-0.2, -0.15) is 5.26 Å². The fourth-order valence-electron chi connectivity index (χ4n) is 1.09. The zero-order chi connectivity index (χ0) is 9.97. The number of nitrogens with one attached hydrogen (secondary N) is 1. The first kappa shape index (κ1) is 8.70. The van der Waals surface area contributed by atoms with E-state index in [0.717, 1.165) is 12.8 Å². The number of aromatic nitrogens is 1. The normalized spacial score (nSPS) is 14.5. The third-order valence-corrected chi connectivity index (χ3v) is 2.05. The standard InChI is InChI=1S/C10H9N3O/c11-5-9-2-1-7(6-12-9)10(14)13-8-3-4-8/h1-2,6,8H,3-4H2,(H,13,14). The van der Waals surface area contributed by atoms with Crippen LogP contribution < -0.4 is 5.32 Å². The first-order valence-corrected chi connectivity index (χ1v) is 4.46. The molecule has 1 aliphatic carbocycles. The molecule has 70 valence electrons. The SMILES string of the molecule is N#Cc1ccc(C(=O)NC2CC2)cn1. The topological polar surface area (TPSA) is 65.8 Å². The Morgan fingerprint density at radius 1 is 1.57 bits per heavy atom. The third kappa shape index (κ3) is 1.88. The van der Waals surface area contributed by atoms with Crippen molar-refractivity contribution in [3.63, 3.8) is 0 Å². The maximum atomic E-state index is 11.5. The summed E-state index contributed by atoms with van der Waals surface area (Å²) in [6, 6.07) is 5.41. The molecule has 1 amide bonds. The Morgan fingerprint density at radius 2 is 2.36 bits per heavy atom. The van der Waals surface area contributed by atoms with Crippen LogP contribution in [-0.4, -0.2) is 16.9 Å². The van der Waals surface area contributed by atoms with Crippen LogP contribution in [0.4, 0.5) is 0 Å². The number of nitriles is 1.